The van der Waals surface area contributed by atoms with Gasteiger partial charge in [-0.1, -0.05) is 23.7 Å². The van der Waals surface area contributed by atoms with E-state index in [4.69, 9.17) is 16.3 Å². The SMILES string of the molecule is O=C(Nc1cnc(Oc2ccccc2F)nc1)Nc1ccc(F)c(Cl)c1. The lowest BCUT2D eigenvalue weighted by molar-refractivity contribution is 0.262. The van der Waals surface area contributed by atoms with E-state index in [2.05, 4.69) is 20.6 Å². The van der Waals surface area contributed by atoms with Crippen LogP contribution in [0.3, 0.4) is 0 Å². The second-order valence-corrected chi connectivity index (χ2v) is 5.40. The molecule has 0 aliphatic rings. The van der Waals surface area contributed by atoms with E-state index < -0.39 is 17.7 Å². The van der Waals surface area contributed by atoms with Crippen molar-refractivity contribution in [2.75, 3.05) is 10.6 Å². The maximum atomic E-state index is 13.5. The van der Waals surface area contributed by atoms with Crippen LogP contribution in [0.2, 0.25) is 5.02 Å². The number of nitrogens with one attached hydrogen (secondary N) is 2. The monoisotopic (exact) mass is 376 g/mol. The van der Waals surface area contributed by atoms with E-state index in [-0.39, 0.29) is 22.5 Å². The lowest BCUT2D eigenvalue weighted by atomic mass is 10.3. The zero-order valence-corrected chi connectivity index (χ0v) is 13.8. The van der Waals surface area contributed by atoms with E-state index >= 15 is 0 Å². The molecule has 0 atom stereocenters. The average Bonchev–Trinajstić information content (AvgIpc) is 2.62. The van der Waals surface area contributed by atoms with Gasteiger partial charge in [-0.25, -0.2) is 23.5 Å². The van der Waals surface area contributed by atoms with Crippen molar-refractivity contribution in [3.8, 4) is 11.8 Å². The van der Waals surface area contributed by atoms with Crippen LogP contribution in [-0.4, -0.2) is 16.0 Å². The third-order valence-corrected chi connectivity index (χ3v) is 3.39. The maximum Gasteiger partial charge on any atom is 0.323 e. The molecule has 26 heavy (non-hydrogen) atoms. The van der Waals surface area contributed by atoms with Crippen LogP contribution in [0.25, 0.3) is 0 Å². The Morgan fingerprint density at radius 1 is 0.962 bits per heavy atom. The molecular weight excluding hydrogens is 366 g/mol. The molecule has 1 aromatic heterocycles. The second-order valence-electron chi connectivity index (χ2n) is 4.99. The van der Waals surface area contributed by atoms with Crippen molar-refractivity contribution in [3.63, 3.8) is 0 Å². The molecule has 3 rings (SSSR count). The van der Waals surface area contributed by atoms with Crippen molar-refractivity contribution >= 4 is 29.0 Å². The molecule has 0 bridgehead atoms. The van der Waals surface area contributed by atoms with Crippen LogP contribution in [0.1, 0.15) is 0 Å². The van der Waals surface area contributed by atoms with Gasteiger partial charge in [0.05, 0.1) is 23.1 Å². The van der Waals surface area contributed by atoms with E-state index in [1.165, 1.54) is 42.7 Å². The Hall–Kier alpha value is -3.26. The minimum absolute atomic E-state index is 0.0147. The fourth-order valence-electron chi connectivity index (χ4n) is 1.93. The van der Waals surface area contributed by atoms with Crippen molar-refractivity contribution in [1.82, 2.24) is 9.97 Å². The predicted molar refractivity (Wildman–Crippen MR) is 92.6 cm³/mol. The molecule has 9 heteroatoms. The molecule has 2 amide bonds. The van der Waals surface area contributed by atoms with E-state index in [1.54, 1.807) is 6.07 Å². The minimum atomic E-state index is -0.598. The Kier molecular flexibility index (Phi) is 5.23. The van der Waals surface area contributed by atoms with Crippen molar-refractivity contribution in [3.05, 3.63) is 71.5 Å². The number of nitrogens with zero attached hydrogens (tertiary/aromatic N) is 2. The number of amides is 2. The van der Waals surface area contributed by atoms with Gasteiger partial charge in [0, 0.05) is 5.69 Å². The Morgan fingerprint density at radius 2 is 1.65 bits per heavy atom. The first-order valence-corrected chi connectivity index (χ1v) is 7.66. The summed E-state index contributed by atoms with van der Waals surface area (Å²) in [7, 11) is 0. The van der Waals surface area contributed by atoms with Crippen molar-refractivity contribution in [2.24, 2.45) is 0 Å². The summed E-state index contributed by atoms with van der Waals surface area (Å²) in [6.07, 6.45) is 2.58. The molecule has 0 saturated carbocycles. The van der Waals surface area contributed by atoms with Gasteiger partial charge >= 0.3 is 12.0 Å². The molecule has 0 saturated heterocycles. The van der Waals surface area contributed by atoms with Crippen molar-refractivity contribution in [1.29, 1.82) is 0 Å². The number of anilines is 2. The molecule has 0 aliphatic carbocycles. The van der Waals surface area contributed by atoms with E-state index in [0.717, 1.165) is 6.07 Å². The highest BCUT2D eigenvalue weighted by Gasteiger charge is 2.08. The number of carbonyl (C=O) groups excluding carboxylic acids is 1. The van der Waals surface area contributed by atoms with Crippen LogP contribution in [0, 0.1) is 11.6 Å². The highest BCUT2D eigenvalue weighted by atomic mass is 35.5. The van der Waals surface area contributed by atoms with Gasteiger partial charge in [0.1, 0.15) is 5.82 Å². The lowest BCUT2D eigenvalue weighted by Gasteiger charge is -2.08. The Balaban J connectivity index is 1.61. The molecule has 6 nitrogen and oxygen atoms in total. The Labute approximate surface area is 151 Å². The summed E-state index contributed by atoms with van der Waals surface area (Å²) in [5.74, 6) is -1.15. The largest absolute Gasteiger partial charge is 0.421 e. The standard InChI is InChI=1S/C17H11ClF2N4O2/c18-12-7-10(5-6-13(12)19)23-16(25)24-11-8-21-17(22-9-11)26-15-4-2-1-3-14(15)20/h1-9H,(H2,23,24,25). The number of ether oxygens (including phenoxy) is 1. The first-order valence-electron chi connectivity index (χ1n) is 7.29. The smallest absolute Gasteiger partial charge is 0.323 e. The molecule has 0 fully saturated rings. The fourth-order valence-corrected chi connectivity index (χ4v) is 2.11. The van der Waals surface area contributed by atoms with Gasteiger partial charge in [0.25, 0.3) is 0 Å². The van der Waals surface area contributed by atoms with Gasteiger partial charge in [-0.3, -0.25) is 0 Å². The molecule has 1 heterocycles. The van der Waals surface area contributed by atoms with Crippen LogP contribution >= 0.6 is 11.6 Å². The lowest BCUT2D eigenvalue weighted by Crippen LogP contribution is -2.19. The number of hydrogen-bond acceptors (Lipinski definition) is 4. The summed E-state index contributed by atoms with van der Waals surface area (Å²) in [6, 6.07) is 8.93. The average molecular weight is 377 g/mol. The zero-order valence-electron chi connectivity index (χ0n) is 13.0. The summed E-state index contributed by atoms with van der Waals surface area (Å²) >= 11 is 5.65. The highest BCUT2D eigenvalue weighted by molar-refractivity contribution is 6.31. The highest BCUT2D eigenvalue weighted by Crippen LogP contribution is 2.22. The number of rotatable bonds is 4. The van der Waals surface area contributed by atoms with E-state index in [1.807, 2.05) is 0 Å². The topological polar surface area (TPSA) is 76.1 Å². The summed E-state index contributed by atoms with van der Waals surface area (Å²) < 4.78 is 31.8. The minimum Gasteiger partial charge on any atom is -0.421 e. The number of urea groups is 1. The van der Waals surface area contributed by atoms with Gasteiger partial charge in [-0.15, -0.1) is 0 Å². The number of para-hydroxylation sites is 1. The molecule has 0 aliphatic heterocycles. The quantitative estimate of drug-likeness (QED) is 0.682. The Morgan fingerprint density at radius 3 is 2.35 bits per heavy atom. The molecule has 132 valence electrons. The van der Waals surface area contributed by atoms with Crippen molar-refractivity contribution in [2.45, 2.75) is 0 Å². The van der Waals surface area contributed by atoms with Crippen LogP contribution in [-0.2, 0) is 0 Å². The third-order valence-electron chi connectivity index (χ3n) is 3.10. The van der Waals surface area contributed by atoms with Crippen LogP contribution in [0.5, 0.6) is 11.8 Å². The first kappa shape index (κ1) is 17.6. The normalized spacial score (nSPS) is 10.3. The number of hydrogen-bond donors (Lipinski definition) is 2. The van der Waals surface area contributed by atoms with E-state index in [9.17, 15) is 13.6 Å². The number of aromatic nitrogens is 2. The molecular formula is C17H11ClF2N4O2. The third kappa shape index (κ3) is 4.42. The number of carbonyl (C=O) groups is 1. The molecule has 2 N–H and O–H groups in total. The number of halogens is 3. The number of benzene rings is 2. The second kappa shape index (κ2) is 7.75. The van der Waals surface area contributed by atoms with Crippen LogP contribution in [0.4, 0.5) is 25.0 Å². The zero-order chi connectivity index (χ0) is 18.5. The van der Waals surface area contributed by atoms with E-state index in [0.29, 0.717) is 5.69 Å². The first-order chi connectivity index (χ1) is 12.5. The summed E-state index contributed by atoms with van der Waals surface area (Å²) in [5.41, 5.74) is 0.589. The summed E-state index contributed by atoms with van der Waals surface area (Å²) in [6.45, 7) is 0. The molecule has 2 aromatic carbocycles. The van der Waals surface area contributed by atoms with Gasteiger partial charge < -0.3 is 15.4 Å². The van der Waals surface area contributed by atoms with Gasteiger partial charge in [0.2, 0.25) is 0 Å². The Bertz CT molecular complexity index is 938. The molecule has 0 spiro atoms. The maximum absolute atomic E-state index is 13.5. The summed E-state index contributed by atoms with van der Waals surface area (Å²) in [4.78, 5) is 19.7. The van der Waals surface area contributed by atoms with Gasteiger partial charge in [-0.2, -0.15) is 0 Å². The van der Waals surface area contributed by atoms with Crippen LogP contribution < -0.4 is 15.4 Å². The molecule has 0 radical (unpaired) electrons. The predicted octanol–water partition coefficient (Wildman–Crippen LogP) is 4.84. The summed E-state index contributed by atoms with van der Waals surface area (Å²) in [5, 5.41) is 4.86. The fraction of sp³-hybridized carbons (Fsp3) is 0. The van der Waals surface area contributed by atoms with Crippen LogP contribution in [0.15, 0.2) is 54.9 Å². The van der Waals surface area contributed by atoms with Gasteiger partial charge in [-0.05, 0) is 30.3 Å². The van der Waals surface area contributed by atoms with Gasteiger partial charge in [0.15, 0.2) is 11.6 Å². The molecule has 3 aromatic rings. The van der Waals surface area contributed by atoms with Crippen molar-refractivity contribution < 1.29 is 18.3 Å². The molecule has 0 unspecified atom stereocenters.